The summed E-state index contributed by atoms with van der Waals surface area (Å²) in [5.74, 6) is 0.962. The highest BCUT2D eigenvalue weighted by Gasteiger charge is 2.22. The Hall–Kier alpha value is -1.97. The molecule has 0 aliphatic heterocycles. The lowest BCUT2D eigenvalue weighted by Gasteiger charge is -2.28. The van der Waals surface area contributed by atoms with Gasteiger partial charge in [-0.3, -0.25) is 0 Å². The van der Waals surface area contributed by atoms with Crippen molar-refractivity contribution in [3.8, 4) is 11.5 Å². The van der Waals surface area contributed by atoms with Crippen LogP contribution in [0.2, 0.25) is 0 Å². The van der Waals surface area contributed by atoms with E-state index in [1.54, 1.807) is 13.2 Å². The molecule has 114 valence electrons. The summed E-state index contributed by atoms with van der Waals surface area (Å²) in [4.78, 5) is 10.7. The number of para-hydroxylation sites is 1. The molecule has 1 saturated carbocycles. The number of carbonyl (C=O) groups is 1. The zero-order valence-corrected chi connectivity index (χ0v) is 12.5. The van der Waals surface area contributed by atoms with Crippen molar-refractivity contribution in [2.45, 2.75) is 38.7 Å². The van der Waals surface area contributed by atoms with Crippen LogP contribution in [0, 0.1) is 5.92 Å². The van der Waals surface area contributed by atoms with Gasteiger partial charge in [0.05, 0.1) is 13.2 Å². The van der Waals surface area contributed by atoms with E-state index < -0.39 is 5.97 Å². The summed E-state index contributed by atoms with van der Waals surface area (Å²) in [6.45, 7) is 2.24. The summed E-state index contributed by atoms with van der Waals surface area (Å²) in [5.41, 5.74) is 0.731. The Morgan fingerprint density at radius 1 is 1.38 bits per heavy atom. The molecule has 2 unspecified atom stereocenters. The molecule has 4 heteroatoms. The van der Waals surface area contributed by atoms with E-state index in [-0.39, 0.29) is 6.10 Å². The summed E-state index contributed by atoms with van der Waals surface area (Å²) >= 11 is 0. The average molecular weight is 290 g/mol. The Balaban J connectivity index is 2.24. The molecule has 1 aliphatic rings. The van der Waals surface area contributed by atoms with E-state index in [0.717, 1.165) is 24.5 Å². The third-order valence-corrected chi connectivity index (χ3v) is 3.81. The molecule has 1 fully saturated rings. The number of ether oxygens (including phenoxy) is 2. The molecule has 21 heavy (non-hydrogen) atoms. The molecule has 0 saturated heterocycles. The van der Waals surface area contributed by atoms with Crippen LogP contribution in [0.5, 0.6) is 11.5 Å². The first-order valence-electron chi connectivity index (χ1n) is 7.34. The van der Waals surface area contributed by atoms with Crippen LogP contribution in [0.15, 0.2) is 24.3 Å². The van der Waals surface area contributed by atoms with Crippen molar-refractivity contribution in [2.75, 3.05) is 7.11 Å². The quantitative estimate of drug-likeness (QED) is 0.839. The second kappa shape index (κ2) is 7.16. The van der Waals surface area contributed by atoms with E-state index in [4.69, 9.17) is 14.6 Å². The fourth-order valence-corrected chi connectivity index (χ4v) is 2.76. The van der Waals surface area contributed by atoms with Gasteiger partial charge in [0.1, 0.15) is 0 Å². The first-order valence-corrected chi connectivity index (χ1v) is 7.34. The zero-order valence-electron chi connectivity index (χ0n) is 12.5. The highest BCUT2D eigenvalue weighted by atomic mass is 16.5. The summed E-state index contributed by atoms with van der Waals surface area (Å²) in [6, 6.07) is 5.50. The van der Waals surface area contributed by atoms with E-state index in [1.165, 1.54) is 12.8 Å². The maximum atomic E-state index is 10.7. The molecule has 4 nitrogen and oxygen atoms in total. The van der Waals surface area contributed by atoms with Gasteiger partial charge < -0.3 is 14.6 Å². The molecule has 1 N–H and O–H groups in total. The van der Waals surface area contributed by atoms with E-state index in [9.17, 15) is 4.79 Å². The van der Waals surface area contributed by atoms with Crippen LogP contribution in [0.25, 0.3) is 6.08 Å². The average Bonchev–Trinajstić information content (AvgIpc) is 2.46. The van der Waals surface area contributed by atoms with Crippen molar-refractivity contribution in [1.82, 2.24) is 0 Å². The number of benzene rings is 1. The van der Waals surface area contributed by atoms with Gasteiger partial charge in [0, 0.05) is 11.6 Å². The molecule has 1 aliphatic carbocycles. The maximum absolute atomic E-state index is 10.7. The lowest BCUT2D eigenvalue weighted by atomic mass is 9.88. The normalized spacial score (nSPS) is 22.2. The molecular formula is C17H22O4. The Morgan fingerprint density at radius 2 is 2.19 bits per heavy atom. The number of methoxy groups -OCH3 is 1. The van der Waals surface area contributed by atoms with Gasteiger partial charge in [-0.1, -0.05) is 25.5 Å². The van der Waals surface area contributed by atoms with Crippen molar-refractivity contribution in [2.24, 2.45) is 5.92 Å². The number of aliphatic carboxylic acids is 1. The zero-order chi connectivity index (χ0) is 15.2. The van der Waals surface area contributed by atoms with Gasteiger partial charge in [-0.15, -0.1) is 0 Å². The van der Waals surface area contributed by atoms with E-state index in [0.29, 0.717) is 17.4 Å². The number of hydrogen-bond acceptors (Lipinski definition) is 3. The number of hydrogen-bond donors (Lipinski definition) is 1. The molecule has 0 bridgehead atoms. The lowest BCUT2D eigenvalue weighted by Crippen LogP contribution is -2.24. The number of carboxylic acids is 1. The second-order valence-electron chi connectivity index (χ2n) is 5.56. The van der Waals surface area contributed by atoms with Crippen LogP contribution in [-0.2, 0) is 4.79 Å². The second-order valence-corrected chi connectivity index (χ2v) is 5.56. The largest absolute Gasteiger partial charge is 0.493 e. The fraction of sp³-hybridized carbons (Fsp3) is 0.471. The summed E-state index contributed by atoms with van der Waals surface area (Å²) in [6.07, 6.45) is 7.31. The molecule has 0 heterocycles. The van der Waals surface area contributed by atoms with Crippen LogP contribution in [-0.4, -0.2) is 24.3 Å². The number of carboxylic acid groups (broad SMARTS) is 1. The summed E-state index contributed by atoms with van der Waals surface area (Å²) in [5, 5.41) is 8.79. The minimum absolute atomic E-state index is 0.169. The molecule has 2 rings (SSSR count). The minimum atomic E-state index is -0.977. The van der Waals surface area contributed by atoms with Gasteiger partial charge in [0.2, 0.25) is 0 Å². The Labute approximate surface area is 125 Å². The van der Waals surface area contributed by atoms with E-state index in [1.807, 2.05) is 18.2 Å². The van der Waals surface area contributed by atoms with Crippen LogP contribution in [0.4, 0.5) is 0 Å². The number of rotatable bonds is 5. The highest BCUT2D eigenvalue weighted by molar-refractivity contribution is 5.86. The lowest BCUT2D eigenvalue weighted by molar-refractivity contribution is -0.131. The third-order valence-electron chi connectivity index (χ3n) is 3.81. The first-order chi connectivity index (χ1) is 10.1. The van der Waals surface area contributed by atoms with Crippen LogP contribution < -0.4 is 9.47 Å². The smallest absolute Gasteiger partial charge is 0.328 e. The third kappa shape index (κ3) is 4.25. The van der Waals surface area contributed by atoms with Crippen molar-refractivity contribution >= 4 is 12.0 Å². The molecule has 1 aromatic rings. The molecule has 0 radical (unpaired) electrons. The molecule has 1 aromatic carbocycles. The molecule has 0 spiro atoms. The Bertz CT molecular complexity index is 522. The van der Waals surface area contributed by atoms with Crippen molar-refractivity contribution in [3.63, 3.8) is 0 Å². The summed E-state index contributed by atoms with van der Waals surface area (Å²) in [7, 11) is 1.59. The van der Waals surface area contributed by atoms with Gasteiger partial charge >= 0.3 is 5.97 Å². The SMILES string of the molecule is COc1cccc(C=CC(=O)O)c1OC1CCCC(C)C1. The first kappa shape index (κ1) is 15.4. The predicted molar refractivity (Wildman–Crippen MR) is 81.7 cm³/mol. The molecule has 0 amide bonds. The van der Waals surface area contributed by atoms with Gasteiger partial charge in [0.15, 0.2) is 11.5 Å². The summed E-state index contributed by atoms with van der Waals surface area (Å²) < 4.78 is 11.5. The Kier molecular flexibility index (Phi) is 5.26. The van der Waals surface area contributed by atoms with Gasteiger partial charge in [0.25, 0.3) is 0 Å². The highest BCUT2D eigenvalue weighted by Crippen LogP contribution is 2.36. The topological polar surface area (TPSA) is 55.8 Å². The fourth-order valence-electron chi connectivity index (χ4n) is 2.76. The van der Waals surface area contributed by atoms with E-state index in [2.05, 4.69) is 6.92 Å². The maximum Gasteiger partial charge on any atom is 0.328 e. The molecular weight excluding hydrogens is 268 g/mol. The minimum Gasteiger partial charge on any atom is -0.493 e. The van der Waals surface area contributed by atoms with Crippen molar-refractivity contribution < 1.29 is 19.4 Å². The van der Waals surface area contributed by atoms with Crippen molar-refractivity contribution in [3.05, 3.63) is 29.8 Å². The Morgan fingerprint density at radius 3 is 2.86 bits per heavy atom. The van der Waals surface area contributed by atoms with Crippen molar-refractivity contribution in [1.29, 1.82) is 0 Å². The van der Waals surface area contributed by atoms with Crippen LogP contribution in [0.1, 0.15) is 38.2 Å². The van der Waals surface area contributed by atoms with Gasteiger partial charge in [-0.05, 0) is 37.3 Å². The van der Waals surface area contributed by atoms with Crippen LogP contribution in [0.3, 0.4) is 0 Å². The van der Waals surface area contributed by atoms with E-state index >= 15 is 0 Å². The predicted octanol–water partition coefficient (Wildman–Crippen LogP) is 3.75. The standard InChI is InChI=1S/C17H22O4/c1-12-5-3-7-14(11-12)21-17-13(9-10-16(18)19)6-4-8-15(17)20-2/h4,6,8-10,12,14H,3,5,7,11H2,1-2H3,(H,18,19). The molecule has 0 aromatic heterocycles. The molecule has 2 atom stereocenters. The van der Waals surface area contributed by atoms with Gasteiger partial charge in [-0.2, -0.15) is 0 Å². The van der Waals surface area contributed by atoms with Crippen LogP contribution >= 0.6 is 0 Å². The van der Waals surface area contributed by atoms with Gasteiger partial charge in [-0.25, -0.2) is 4.79 Å². The monoisotopic (exact) mass is 290 g/mol.